The number of fused-ring (bicyclic) bond motifs is 6. The van der Waals surface area contributed by atoms with Crippen molar-refractivity contribution in [3.05, 3.63) is 163 Å². The molecule has 2 heterocycles. The molecule has 9 rings (SSSR count). The van der Waals surface area contributed by atoms with E-state index in [1.54, 1.807) is 6.20 Å². The third-order valence-electron chi connectivity index (χ3n) is 9.76. The molecule has 222 valence electrons. The van der Waals surface area contributed by atoms with Crippen molar-refractivity contribution in [2.24, 2.45) is 0 Å². The predicted octanol–water partition coefficient (Wildman–Crippen LogP) is 11.2. The van der Waals surface area contributed by atoms with Crippen LogP contribution >= 0.6 is 0 Å². The summed E-state index contributed by atoms with van der Waals surface area (Å²) in [7, 11) is 0. The average Bonchev–Trinajstić information content (AvgIpc) is 3.37. The van der Waals surface area contributed by atoms with Crippen molar-refractivity contribution < 1.29 is 0 Å². The summed E-state index contributed by atoms with van der Waals surface area (Å²) in [6.45, 7) is 4.72. The lowest BCUT2D eigenvalue weighted by Crippen LogP contribution is -2.15. The normalized spacial score (nSPS) is 13.1. The maximum absolute atomic E-state index is 5.13. The van der Waals surface area contributed by atoms with E-state index >= 15 is 0 Å². The second-order valence-corrected chi connectivity index (χ2v) is 12.9. The van der Waals surface area contributed by atoms with Crippen molar-refractivity contribution >= 4 is 21.5 Å². The van der Waals surface area contributed by atoms with Crippen molar-refractivity contribution in [3.8, 4) is 56.2 Å². The van der Waals surface area contributed by atoms with Crippen molar-refractivity contribution in [3.63, 3.8) is 0 Å². The zero-order valence-electron chi connectivity index (χ0n) is 26.3. The van der Waals surface area contributed by atoms with Crippen LogP contribution in [0.4, 0.5) is 0 Å². The van der Waals surface area contributed by atoms with E-state index in [9.17, 15) is 0 Å². The van der Waals surface area contributed by atoms with Crippen LogP contribution in [-0.2, 0) is 5.41 Å². The Labute approximate surface area is 274 Å². The Balaban J connectivity index is 1.22. The largest absolute Gasteiger partial charge is 0.264 e. The minimum atomic E-state index is -0.0779. The standard InChI is InChI=1S/C44H31N3/c1-44(2)39-23-19-30(25-38(39)37-20-18-28-11-6-7-15-33(28)42(37)44)32-21-22-36(35-17-9-8-16-34(32)35)41-26-40(31-14-10-24-45-27-31)46-43(47-41)29-12-4-3-5-13-29/h3-27H,1-2H3. The van der Waals surface area contributed by atoms with Gasteiger partial charge in [-0.05, 0) is 79.2 Å². The van der Waals surface area contributed by atoms with E-state index < -0.39 is 0 Å². The molecule has 47 heavy (non-hydrogen) atoms. The van der Waals surface area contributed by atoms with Crippen LogP contribution in [0.1, 0.15) is 25.0 Å². The third-order valence-corrected chi connectivity index (χ3v) is 9.76. The Morgan fingerprint density at radius 3 is 1.96 bits per heavy atom. The fourth-order valence-electron chi connectivity index (χ4n) is 7.52. The van der Waals surface area contributed by atoms with Gasteiger partial charge in [-0.15, -0.1) is 0 Å². The Morgan fingerprint density at radius 1 is 0.468 bits per heavy atom. The van der Waals surface area contributed by atoms with Crippen molar-refractivity contribution in [1.29, 1.82) is 0 Å². The van der Waals surface area contributed by atoms with Gasteiger partial charge in [0.05, 0.1) is 11.4 Å². The highest BCUT2D eigenvalue weighted by Gasteiger charge is 2.37. The van der Waals surface area contributed by atoms with Crippen molar-refractivity contribution in [2.75, 3.05) is 0 Å². The molecule has 0 radical (unpaired) electrons. The van der Waals surface area contributed by atoms with Gasteiger partial charge in [-0.3, -0.25) is 4.98 Å². The molecule has 0 saturated heterocycles. The first-order chi connectivity index (χ1) is 23.1. The van der Waals surface area contributed by atoms with Crippen LogP contribution < -0.4 is 0 Å². The number of hydrogen-bond donors (Lipinski definition) is 0. The third kappa shape index (κ3) is 4.39. The Kier molecular flexibility index (Phi) is 6.16. The first-order valence-electron chi connectivity index (χ1n) is 16.1. The van der Waals surface area contributed by atoms with Crippen LogP contribution in [-0.4, -0.2) is 15.0 Å². The highest BCUT2D eigenvalue weighted by molar-refractivity contribution is 6.06. The van der Waals surface area contributed by atoms with Gasteiger partial charge in [0, 0.05) is 34.5 Å². The fraction of sp³-hybridized carbons (Fsp3) is 0.0682. The van der Waals surface area contributed by atoms with Crippen LogP contribution in [0, 0.1) is 0 Å². The molecule has 0 spiro atoms. The molecular weight excluding hydrogens is 571 g/mol. The molecule has 0 aliphatic heterocycles. The number of nitrogens with zero attached hydrogens (tertiary/aromatic N) is 3. The molecule has 0 fully saturated rings. The summed E-state index contributed by atoms with van der Waals surface area (Å²) in [4.78, 5) is 14.5. The van der Waals surface area contributed by atoms with E-state index in [-0.39, 0.29) is 5.41 Å². The number of pyridine rings is 1. The molecule has 0 N–H and O–H groups in total. The smallest absolute Gasteiger partial charge is 0.160 e. The summed E-state index contributed by atoms with van der Waals surface area (Å²) in [5.41, 5.74) is 12.6. The topological polar surface area (TPSA) is 38.7 Å². The lowest BCUT2D eigenvalue weighted by atomic mass is 9.80. The van der Waals surface area contributed by atoms with E-state index in [1.165, 1.54) is 49.5 Å². The first-order valence-corrected chi connectivity index (χ1v) is 16.1. The molecule has 0 bridgehead atoms. The Morgan fingerprint density at radius 2 is 1.15 bits per heavy atom. The molecule has 0 unspecified atom stereocenters. The molecule has 2 aromatic heterocycles. The van der Waals surface area contributed by atoms with E-state index in [0.717, 1.165) is 33.5 Å². The summed E-state index contributed by atoms with van der Waals surface area (Å²) in [6, 6.07) is 49.8. The number of benzene rings is 6. The van der Waals surface area contributed by atoms with Gasteiger partial charge in [-0.1, -0.05) is 129 Å². The predicted molar refractivity (Wildman–Crippen MR) is 194 cm³/mol. The minimum absolute atomic E-state index is 0.0779. The SMILES string of the molecule is CC1(C)c2ccc(-c3ccc(-c4cc(-c5cccnc5)nc(-c5ccccc5)n4)c4ccccc34)cc2-c2ccc3ccccc3c21. The highest BCUT2D eigenvalue weighted by atomic mass is 14.9. The highest BCUT2D eigenvalue weighted by Crippen LogP contribution is 2.52. The van der Waals surface area contributed by atoms with E-state index in [1.807, 2.05) is 36.5 Å². The maximum Gasteiger partial charge on any atom is 0.160 e. The number of aromatic nitrogens is 3. The molecule has 1 aliphatic rings. The minimum Gasteiger partial charge on any atom is -0.264 e. The summed E-state index contributed by atoms with van der Waals surface area (Å²) in [5.74, 6) is 0.697. The monoisotopic (exact) mass is 601 g/mol. The number of hydrogen-bond acceptors (Lipinski definition) is 3. The molecule has 6 aromatic carbocycles. The van der Waals surface area contributed by atoms with E-state index in [4.69, 9.17) is 9.97 Å². The number of rotatable bonds is 4. The Bertz CT molecular complexity index is 2420. The zero-order chi connectivity index (χ0) is 31.5. The van der Waals surface area contributed by atoms with Crippen LogP contribution in [0.2, 0.25) is 0 Å². The summed E-state index contributed by atoms with van der Waals surface area (Å²) >= 11 is 0. The van der Waals surface area contributed by atoms with Gasteiger partial charge in [-0.25, -0.2) is 9.97 Å². The second-order valence-electron chi connectivity index (χ2n) is 12.9. The maximum atomic E-state index is 5.13. The summed E-state index contributed by atoms with van der Waals surface area (Å²) in [5, 5.41) is 4.99. The summed E-state index contributed by atoms with van der Waals surface area (Å²) in [6.07, 6.45) is 3.65. The lowest BCUT2D eigenvalue weighted by molar-refractivity contribution is 0.666. The second kappa shape index (κ2) is 10.6. The van der Waals surface area contributed by atoms with Crippen LogP contribution in [0.15, 0.2) is 152 Å². The van der Waals surface area contributed by atoms with Gasteiger partial charge in [0.1, 0.15) is 0 Å². The molecule has 3 nitrogen and oxygen atoms in total. The molecule has 0 atom stereocenters. The van der Waals surface area contributed by atoms with Gasteiger partial charge < -0.3 is 0 Å². The van der Waals surface area contributed by atoms with Crippen molar-refractivity contribution in [1.82, 2.24) is 15.0 Å². The van der Waals surface area contributed by atoms with Gasteiger partial charge in [0.2, 0.25) is 0 Å². The van der Waals surface area contributed by atoms with Gasteiger partial charge in [0.25, 0.3) is 0 Å². The van der Waals surface area contributed by atoms with Gasteiger partial charge in [0.15, 0.2) is 5.82 Å². The van der Waals surface area contributed by atoms with E-state index in [2.05, 4.69) is 128 Å². The molecule has 8 aromatic rings. The van der Waals surface area contributed by atoms with Crippen LogP contribution in [0.25, 0.3) is 77.7 Å². The molecule has 0 saturated carbocycles. The zero-order valence-corrected chi connectivity index (χ0v) is 26.3. The molecule has 3 heteroatoms. The summed E-state index contributed by atoms with van der Waals surface area (Å²) < 4.78 is 0. The van der Waals surface area contributed by atoms with Crippen LogP contribution in [0.5, 0.6) is 0 Å². The molecule has 0 amide bonds. The fourth-order valence-corrected chi connectivity index (χ4v) is 7.52. The van der Waals surface area contributed by atoms with Gasteiger partial charge in [-0.2, -0.15) is 0 Å². The first kappa shape index (κ1) is 27.4. The lowest BCUT2D eigenvalue weighted by Gasteiger charge is -2.23. The average molecular weight is 602 g/mol. The quantitative estimate of drug-likeness (QED) is 0.201. The molecular formula is C44H31N3. The van der Waals surface area contributed by atoms with Crippen LogP contribution in [0.3, 0.4) is 0 Å². The van der Waals surface area contributed by atoms with Crippen molar-refractivity contribution in [2.45, 2.75) is 19.3 Å². The van der Waals surface area contributed by atoms with Gasteiger partial charge >= 0.3 is 0 Å². The van der Waals surface area contributed by atoms with E-state index in [0.29, 0.717) is 5.82 Å². The molecule has 1 aliphatic carbocycles. The Hall–Kier alpha value is -5.93.